The zero-order valence-corrected chi connectivity index (χ0v) is 16.8. The van der Waals surface area contributed by atoms with Crippen LogP contribution < -0.4 is 4.74 Å². The van der Waals surface area contributed by atoms with Crippen LogP contribution in [0.4, 0.5) is 0 Å². The van der Waals surface area contributed by atoms with Gasteiger partial charge in [-0.1, -0.05) is 58.1 Å². The standard InChI is InChI=1S/C20H25N3O2S/c1-13(2)14-6-8-15(9-7-14)25-11-10-17-22-23-16(12-24)18(20(3,4)5)21-19(23)26-17/h6-9,12-13H,10-11H2,1-5H3. The number of benzene rings is 1. The molecule has 0 aliphatic rings. The van der Waals surface area contributed by atoms with E-state index in [4.69, 9.17) is 4.74 Å². The maximum atomic E-state index is 11.5. The number of rotatable bonds is 6. The van der Waals surface area contributed by atoms with E-state index in [0.717, 1.165) is 27.7 Å². The zero-order chi connectivity index (χ0) is 18.9. The average molecular weight is 372 g/mol. The first-order chi connectivity index (χ1) is 12.3. The molecule has 0 aliphatic heterocycles. The molecule has 0 aliphatic carbocycles. The molecule has 6 heteroatoms. The molecule has 0 saturated heterocycles. The van der Waals surface area contributed by atoms with Gasteiger partial charge in [0.25, 0.3) is 0 Å². The molecule has 0 bridgehead atoms. The van der Waals surface area contributed by atoms with E-state index in [2.05, 4.69) is 36.1 Å². The van der Waals surface area contributed by atoms with Crippen molar-refractivity contribution in [2.45, 2.75) is 52.4 Å². The highest BCUT2D eigenvalue weighted by atomic mass is 32.1. The van der Waals surface area contributed by atoms with Crippen LogP contribution in [0.15, 0.2) is 24.3 Å². The van der Waals surface area contributed by atoms with Crippen LogP contribution >= 0.6 is 11.3 Å². The molecule has 0 spiro atoms. The summed E-state index contributed by atoms with van der Waals surface area (Å²) >= 11 is 1.51. The molecular formula is C20H25N3O2S. The average Bonchev–Trinajstić information content (AvgIpc) is 3.12. The second-order valence-corrected chi connectivity index (χ2v) is 8.77. The molecule has 2 heterocycles. The Hall–Kier alpha value is -2.21. The van der Waals surface area contributed by atoms with Gasteiger partial charge in [-0.05, 0) is 23.6 Å². The van der Waals surface area contributed by atoms with Gasteiger partial charge in [-0.2, -0.15) is 9.61 Å². The van der Waals surface area contributed by atoms with Gasteiger partial charge in [0, 0.05) is 11.8 Å². The predicted octanol–water partition coefficient (Wildman–Crippen LogP) is 4.65. The molecule has 0 amide bonds. The van der Waals surface area contributed by atoms with Gasteiger partial charge in [0.15, 0.2) is 6.29 Å². The summed E-state index contributed by atoms with van der Waals surface area (Å²) in [5.41, 5.74) is 2.45. The van der Waals surface area contributed by atoms with Crippen molar-refractivity contribution >= 4 is 22.6 Å². The second-order valence-electron chi connectivity index (χ2n) is 7.73. The van der Waals surface area contributed by atoms with Crippen molar-refractivity contribution in [2.24, 2.45) is 0 Å². The van der Waals surface area contributed by atoms with E-state index >= 15 is 0 Å². The summed E-state index contributed by atoms with van der Waals surface area (Å²) in [6.45, 7) is 11.0. The van der Waals surface area contributed by atoms with Crippen molar-refractivity contribution in [3.05, 3.63) is 46.2 Å². The lowest BCUT2D eigenvalue weighted by Gasteiger charge is -2.15. The van der Waals surface area contributed by atoms with Crippen LogP contribution in [-0.2, 0) is 11.8 Å². The minimum Gasteiger partial charge on any atom is -0.493 e. The SMILES string of the molecule is CC(C)c1ccc(OCCc2nn3c(C=O)c(C(C)(C)C)nc3s2)cc1. The first-order valence-electron chi connectivity index (χ1n) is 8.86. The highest BCUT2D eigenvalue weighted by molar-refractivity contribution is 7.16. The summed E-state index contributed by atoms with van der Waals surface area (Å²) in [7, 11) is 0. The van der Waals surface area contributed by atoms with Crippen LogP contribution in [0, 0.1) is 0 Å². The van der Waals surface area contributed by atoms with Gasteiger partial charge in [0.1, 0.15) is 16.5 Å². The van der Waals surface area contributed by atoms with E-state index in [-0.39, 0.29) is 5.41 Å². The first-order valence-corrected chi connectivity index (χ1v) is 9.68. The third-order valence-electron chi connectivity index (χ3n) is 4.23. The number of hydrogen-bond donors (Lipinski definition) is 0. The predicted molar refractivity (Wildman–Crippen MR) is 105 cm³/mol. The Morgan fingerprint density at radius 2 is 1.92 bits per heavy atom. The van der Waals surface area contributed by atoms with Gasteiger partial charge in [0.2, 0.25) is 4.96 Å². The van der Waals surface area contributed by atoms with E-state index in [0.29, 0.717) is 24.6 Å². The monoisotopic (exact) mass is 371 g/mol. The van der Waals surface area contributed by atoms with E-state index in [1.54, 1.807) is 4.52 Å². The fourth-order valence-electron chi connectivity index (χ4n) is 2.77. The number of aldehydes is 1. The molecule has 26 heavy (non-hydrogen) atoms. The number of nitrogens with zero attached hydrogens (tertiary/aromatic N) is 3. The third kappa shape index (κ3) is 3.80. The summed E-state index contributed by atoms with van der Waals surface area (Å²) < 4.78 is 7.48. The number of aromatic nitrogens is 3. The Morgan fingerprint density at radius 3 is 2.50 bits per heavy atom. The summed E-state index contributed by atoms with van der Waals surface area (Å²) in [6.07, 6.45) is 1.53. The zero-order valence-electron chi connectivity index (χ0n) is 15.9. The van der Waals surface area contributed by atoms with Gasteiger partial charge in [-0.25, -0.2) is 4.98 Å². The van der Waals surface area contributed by atoms with Crippen molar-refractivity contribution in [1.82, 2.24) is 14.6 Å². The highest BCUT2D eigenvalue weighted by Gasteiger charge is 2.25. The molecule has 2 aromatic heterocycles. The lowest BCUT2D eigenvalue weighted by Crippen LogP contribution is -2.15. The van der Waals surface area contributed by atoms with Crippen molar-refractivity contribution in [3.63, 3.8) is 0 Å². The molecule has 0 N–H and O–H groups in total. The number of fused-ring (bicyclic) bond motifs is 1. The Morgan fingerprint density at radius 1 is 1.23 bits per heavy atom. The summed E-state index contributed by atoms with van der Waals surface area (Å²) in [6, 6.07) is 8.21. The molecule has 3 aromatic rings. The van der Waals surface area contributed by atoms with E-state index in [1.165, 1.54) is 16.9 Å². The van der Waals surface area contributed by atoms with Crippen LogP contribution in [0.1, 0.15) is 67.3 Å². The van der Waals surface area contributed by atoms with Crippen LogP contribution in [0.5, 0.6) is 5.75 Å². The molecule has 0 atom stereocenters. The van der Waals surface area contributed by atoms with Crippen molar-refractivity contribution in [1.29, 1.82) is 0 Å². The van der Waals surface area contributed by atoms with E-state index in [1.807, 2.05) is 32.9 Å². The van der Waals surface area contributed by atoms with E-state index in [9.17, 15) is 4.79 Å². The topological polar surface area (TPSA) is 56.5 Å². The summed E-state index contributed by atoms with van der Waals surface area (Å²) in [5.74, 6) is 1.37. The molecule has 5 nitrogen and oxygen atoms in total. The quantitative estimate of drug-likeness (QED) is 0.592. The summed E-state index contributed by atoms with van der Waals surface area (Å²) in [4.78, 5) is 16.9. The molecule has 0 unspecified atom stereocenters. The highest BCUT2D eigenvalue weighted by Crippen LogP contribution is 2.27. The minimum atomic E-state index is -0.185. The number of hydrogen-bond acceptors (Lipinski definition) is 5. The Bertz CT molecular complexity index is 902. The molecule has 1 aromatic carbocycles. The minimum absolute atomic E-state index is 0.185. The van der Waals surface area contributed by atoms with Gasteiger partial charge in [0.05, 0.1) is 12.3 Å². The lowest BCUT2D eigenvalue weighted by atomic mass is 9.91. The fraction of sp³-hybridized carbons (Fsp3) is 0.450. The maximum absolute atomic E-state index is 11.5. The Kier molecular flexibility index (Phi) is 5.14. The lowest BCUT2D eigenvalue weighted by molar-refractivity contribution is 0.111. The number of imidazole rings is 1. The van der Waals surface area contributed by atoms with Crippen LogP contribution in [0.25, 0.3) is 4.96 Å². The van der Waals surface area contributed by atoms with Gasteiger partial charge < -0.3 is 4.74 Å². The van der Waals surface area contributed by atoms with Crippen LogP contribution in [0.2, 0.25) is 0 Å². The molecule has 0 fully saturated rings. The molecular weight excluding hydrogens is 346 g/mol. The smallest absolute Gasteiger partial charge is 0.213 e. The normalized spacial score (nSPS) is 12.1. The molecule has 3 rings (SSSR count). The number of carbonyl (C=O) groups excluding carboxylic acids is 1. The van der Waals surface area contributed by atoms with Crippen molar-refractivity contribution in [2.75, 3.05) is 6.61 Å². The Labute approximate surface area is 158 Å². The van der Waals surface area contributed by atoms with Gasteiger partial charge >= 0.3 is 0 Å². The maximum Gasteiger partial charge on any atom is 0.213 e. The molecule has 0 radical (unpaired) electrons. The van der Waals surface area contributed by atoms with Gasteiger partial charge in [-0.15, -0.1) is 0 Å². The largest absolute Gasteiger partial charge is 0.493 e. The number of carbonyl (C=O) groups is 1. The number of ether oxygens (including phenoxy) is 1. The second kappa shape index (κ2) is 7.19. The van der Waals surface area contributed by atoms with Gasteiger partial charge in [-0.3, -0.25) is 4.79 Å². The fourth-order valence-corrected chi connectivity index (χ4v) is 3.65. The van der Waals surface area contributed by atoms with Crippen molar-refractivity contribution < 1.29 is 9.53 Å². The summed E-state index contributed by atoms with van der Waals surface area (Å²) in [5, 5.41) is 5.46. The van der Waals surface area contributed by atoms with Crippen molar-refractivity contribution in [3.8, 4) is 5.75 Å². The Balaban J connectivity index is 1.68. The van der Waals surface area contributed by atoms with E-state index < -0.39 is 0 Å². The van der Waals surface area contributed by atoms with Crippen LogP contribution in [0.3, 0.4) is 0 Å². The molecule has 0 saturated carbocycles. The van der Waals surface area contributed by atoms with Crippen LogP contribution in [-0.4, -0.2) is 27.5 Å². The molecule has 138 valence electrons. The first kappa shape index (κ1) is 18.6. The third-order valence-corrected chi connectivity index (χ3v) is 5.20.